The molecule has 0 unspecified atom stereocenters. The van der Waals surface area contributed by atoms with Crippen molar-refractivity contribution in [3.05, 3.63) is 97.1 Å². The fraction of sp³-hybridized carbons (Fsp3) is 0.111. The molecule has 3 aromatic heterocycles. The molecule has 242 valence electrons. The molecule has 0 fully saturated rings. The van der Waals surface area contributed by atoms with Gasteiger partial charge in [0.25, 0.3) is 0 Å². The van der Waals surface area contributed by atoms with Crippen LogP contribution in [0.15, 0.2) is 97.1 Å². The Morgan fingerprint density at radius 3 is 0.750 bits per heavy atom. The summed E-state index contributed by atoms with van der Waals surface area (Å²) < 4.78 is 38.0. The van der Waals surface area contributed by atoms with E-state index in [0.717, 1.165) is 43.8 Å². The predicted octanol–water partition coefficient (Wildman–Crippen LogP) is 9.21. The van der Waals surface area contributed by atoms with Crippen LogP contribution in [0.2, 0.25) is 0 Å². The van der Waals surface area contributed by atoms with Crippen molar-refractivity contribution in [1.82, 2.24) is 39.9 Å². The first kappa shape index (κ1) is 33.3. The van der Waals surface area contributed by atoms with Gasteiger partial charge < -0.3 is 9.97 Å². The van der Waals surface area contributed by atoms with Gasteiger partial charge in [-0.05, 0) is 0 Å². The lowest BCUT2D eigenvalue weighted by molar-refractivity contribution is 0.635. The Hall–Kier alpha value is -6.04. The molecule has 0 saturated carbocycles. The predicted molar refractivity (Wildman–Crippen MR) is 184 cm³/mol. The molecular formula is C36H30F4N8. The molecule has 2 aliphatic heterocycles. The van der Waals surface area contributed by atoms with Crippen LogP contribution in [0.1, 0.15) is 0 Å². The van der Waals surface area contributed by atoms with Gasteiger partial charge in [-0.2, -0.15) is 0 Å². The van der Waals surface area contributed by atoms with Gasteiger partial charge in [-0.15, -0.1) is 0 Å². The third-order valence-corrected chi connectivity index (χ3v) is 7.46. The number of halogens is 4. The smallest absolute Gasteiger partial charge is 0.164 e. The Labute approximate surface area is 272 Å². The van der Waals surface area contributed by atoms with Crippen molar-refractivity contribution in [2.45, 2.75) is 0 Å². The normalized spacial score (nSPS) is 10.5. The number of hydrogen-bond donors (Lipinski definition) is 2. The first-order valence-electron chi connectivity index (χ1n) is 14.5. The molecular weight excluding hydrogens is 620 g/mol. The first-order valence-corrected chi connectivity index (χ1v) is 14.5. The minimum atomic E-state index is 0.500. The second-order valence-electron chi connectivity index (χ2n) is 9.79. The third-order valence-electron chi connectivity index (χ3n) is 7.46. The number of rotatable bonds is 0. The Kier molecular flexibility index (Phi) is 10.4. The standard InChI is InChI=1S/C32H18N8.4CH3F/c1-2-10-18-17(9-1)25-33-26(18)38-28-21-13-5-6-14-22(21)30(35-28)40-32-24-16-8-7-15-23(24)31(36-32)39-29-20-12-4-3-11-19(20)27(34-29)37-25;4*1-2/h1-16H,(H2,33,34,35,36,37,38,39,40);4*1H3. The first-order chi connectivity index (χ1) is 23.8. The molecule has 2 N–H and O–H groups in total. The molecule has 5 heterocycles. The van der Waals surface area contributed by atoms with Crippen molar-refractivity contribution in [2.75, 3.05) is 28.7 Å². The van der Waals surface area contributed by atoms with Gasteiger partial charge in [-0.1, -0.05) is 97.1 Å². The second kappa shape index (κ2) is 15.0. The van der Waals surface area contributed by atoms with Crippen LogP contribution >= 0.6 is 0 Å². The van der Waals surface area contributed by atoms with Crippen molar-refractivity contribution in [3.63, 3.8) is 0 Å². The largest absolute Gasteiger partial charge is 0.324 e. The zero-order valence-corrected chi connectivity index (χ0v) is 26.4. The number of benzene rings is 4. The molecule has 12 heteroatoms. The average Bonchev–Trinajstić information content (AvgIpc) is 3.91. The van der Waals surface area contributed by atoms with E-state index < -0.39 is 0 Å². The van der Waals surface area contributed by atoms with Crippen LogP contribution in [-0.4, -0.2) is 68.6 Å². The highest BCUT2D eigenvalue weighted by molar-refractivity contribution is 6.06. The number of nitrogens with one attached hydrogen (secondary N) is 2. The number of fused-ring (bicyclic) bond motifs is 20. The van der Waals surface area contributed by atoms with Crippen molar-refractivity contribution < 1.29 is 17.6 Å². The summed E-state index contributed by atoms with van der Waals surface area (Å²) in [5, 5.41) is 3.82. The SMILES string of the molecule is CF.CF.CF.CF.c1ccc2c(c1)-c1nc-2nc2[nH]c(nc3nc(nc4[nH]c(n1)c1ccccc41)-c1ccccc1-3)c1ccccc21. The number of aromatic amines is 2. The highest BCUT2D eigenvalue weighted by Crippen LogP contribution is 2.36. The Bertz CT molecular complexity index is 2050. The zero-order valence-electron chi connectivity index (χ0n) is 26.4. The minimum absolute atomic E-state index is 0.500. The van der Waals surface area contributed by atoms with Crippen LogP contribution in [0.5, 0.6) is 0 Å². The lowest BCUT2D eigenvalue weighted by atomic mass is 10.1. The van der Waals surface area contributed by atoms with E-state index in [2.05, 4.69) is 9.97 Å². The maximum absolute atomic E-state index is 9.50. The van der Waals surface area contributed by atoms with E-state index in [4.69, 9.17) is 29.9 Å². The molecule has 0 spiro atoms. The Morgan fingerprint density at radius 2 is 0.521 bits per heavy atom. The number of H-pyrrole nitrogens is 2. The summed E-state index contributed by atoms with van der Waals surface area (Å²) in [6.07, 6.45) is 0. The zero-order chi connectivity index (χ0) is 34.2. The minimum Gasteiger partial charge on any atom is -0.324 e. The third kappa shape index (κ3) is 5.83. The van der Waals surface area contributed by atoms with Gasteiger partial charge in [0.05, 0.1) is 28.7 Å². The van der Waals surface area contributed by atoms with Gasteiger partial charge in [-0.25, -0.2) is 29.9 Å². The van der Waals surface area contributed by atoms with E-state index in [1.807, 2.05) is 97.1 Å². The molecule has 0 atom stereocenters. The summed E-state index contributed by atoms with van der Waals surface area (Å²) >= 11 is 0. The molecule has 7 aromatic rings. The van der Waals surface area contributed by atoms with Crippen LogP contribution in [0.25, 0.3) is 89.7 Å². The lowest BCUT2D eigenvalue weighted by Crippen LogP contribution is -1.82. The van der Waals surface area contributed by atoms with Crippen molar-refractivity contribution in [1.29, 1.82) is 0 Å². The van der Waals surface area contributed by atoms with Gasteiger partial charge in [0.2, 0.25) is 0 Å². The average molecular weight is 651 g/mol. The van der Waals surface area contributed by atoms with Crippen LogP contribution in [0.4, 0.5) is 17.6 Å². The summed E-state index contributed by atoms with van der Waals surface area (Å²) in [5.41, 5.74) is 6.45. The van der Waals surface area contributed by atoms with E-state index >= 15 is 0 Å². The van der Waals surface area contributed by atoms with Crippen molar-refractivity contribution >= 4 is 44.1 Å². The van der Waals surface area contributed by atoms with Crippen LogP contribution in [0, 0.1) is 0 Å². The highest BCUT2D eigenvalue weighted by Gasteiger charge is 2.21. The molecule has 0 aliphatic carbocycles. The molecule has 0 amide bonds. The molecule has 4 aromatic carbocycles. The Morgan fingerprint density at radius 1 is 0.312 bits per heavy atom. The van der Waals surface area contributed by atoms with Gasteiger partial charge >= 0.3 is 0 Å². The summed E-state index contributed by atoms with van der Waals surface area (Å²) in [5.74, 6) is 2.39. The monoisotopic (exact) mass is 650 g/mol. The maximum atomic E-state index is 9.50. The Balaban J connectivity index is 0.000000528. The molecule has 48 heavy (non-hydrogen) atoms. The van der Waals surface area contributed by atoms with Crippen LogP contribution in [-0.2, 0) is 0 Å². The summed E-state index contributed by atoms with van der Waals surface area (Å²) in [6, 6.07) is 32.2. The molecule has 8 bridgehead atoms. The second-order valence-corrected chi connectivity index (χ2v) is 9.79. The quantitative estimate of drug-likeness (QED) is 0.158. The molecule has 8 nitrogen and oxygen atoms in total. The molecule has 0 saturated heterocycles. The van der Waals surface area contributed by atoms with Crippen LogP contribution < -0.4 is 0 Å². The number of hydrogen-bond acceptors (Lipinski definition) is 6. The molecule has 9 rings (SSSR count). The van der Waals surface area contributed by atoms with E-state index in [1.165, 1.54) is 0 Å². The van der Waals surface area contributed by atoms with E-state index in [1.54, 1.807) is 0 Å². The van der Waals surface area contributed by atoms with Crippen LogP contribution in [0.3, 0.4) is 0 Å². The van der Waals surface area contributed by atoms with Gasteiger partial charge in [-0.3, -0.25) is 17.6 Å². The van der Waals surface area contributed by atoms with E-state index in [-0.39, 0.29) is 0 Å². The number of alkyl halides is 4. The maximum Gasteiger partial charge on any atom is 0.164 e. The van der Waals surface area contributed by atoms with E-state index in [0.29, 0.717) is 74.6 Å². The number of aromatic nitrogens is 8. The fourth-order valence-electron chi connectivity index (χ4n) is 5.59. The van der Waals surface area contributed by atoms with Crippen molar-refractivity contribution in [3.8, 4) is 45.6 Å². The van der Waals surface area contributed by atoms with Gasteiger partial charge in [0.1, 0.15) is 22.6 Å². The summed E-state index contributed by atoms with van der Waals surface area (Å²) in [7, 11) is 2.00. The fourth-order valence-corrected chi connectivity index (χ4v) is 5.59. The number of nitrogens with zero attached hydrogens (tertiary/aromatic N) is 6. The van der Waals surface area contributed by atoms with Gasteiger partial charge in [0, 0.05) is 43.8 Å². The highest BCUT2D eigenvalue weighted by atomic mass is 19.1. The summed E-state index contributed by atoms with van der Waals surface area (Å²) in [6.45, 7) is 0. The summed E-state index contributed by atoms with van der Waals surface area (Å²) in [4.78, 5) is 36.8. The topological polar surface area (TPSA) is 109 Å². The lowest BCUT2D eigenvalue weighted by Gasteiger charge is -1.96. The van der Waals surface area contributed by atoms with E-state index in [9.17, 15) is 17.6 Å². The molecule has 0 radical (unpaired) electrons. The van der Waals surface area contributed by atoms with Gasteiger partial charge in [0.15, 0.2) is 23.3 Å². The molecule has 2 aliphatic rings. The van der Waals surface area contributed by atoms with Crippen molar-refractivity contribution in [2.24, 2.45) is 0 Å².